The van der Waals surface area contributed by atoms with Gasteiger partial charge in [0, 0.05) is 29.9 Å². The monoisotopic (exact) mass is 492 g/mol. The first-order valence-corrected chi connectivity index (χ1v) is 11.6. The number of nitrogens with zero attached hydrogens (tertiary/aromatic N) is 1. The number of nitrogens with one attached hydrogen (secondary N) is 3. The van der Waals surface area contributed by atoms with E-state index in [1.165, 1.54) is 13.2 Å². The molecule has 0 saturated carbocycles. The van der Waals surface area contributed by atoms with Gasteiger partial charge in [0.25, 0.3) is 5.91 Å². The quantitative estimate of drug-likeness (QED) is 0.244. The van der Waals surface area contributed by atoms with Crippen LogP contribution >= 0.6 is 0 Å². The van der Waals surface area contributed by atoms with Gasteiger partial charge < -0.3 is 29.8 Å². The van der Waals surface area contributed by atoms with Gasteiger partial charge in [0.15, 0.2) is 11.6 Å². The number of benzene rings is 1. The van der Waals surface area contributed by atoms with Crippen molar-refractivity contribution in [3.8, 4) is 22.8 Å². The number of H-pyrrole nitrogens is 1. The SMILES string of the molecule is C=CCOCCOc1cnccc1-c1[nH]c2c(c1Nc1cccc(F)c1OC)C(=O)NCC2CC=C. The fourth-order valence-corrected chi connectivity index (χ4v) is 4.23. The summed E-state index contributed by atoms with van der Waals surface area (Å²) >= 11 is 0. The van der Waals surface area contributed by atoms with Gasteiger partial charge in [-0.1, -0.05) is 18.2 Å². The lowest BCUT2D eigenvalue weighted by atomic mass is 9.93. The predicted molar refractivity (Wildman–Crippen MR) is 137 cm³/mol. The summed E-state index contributed by atoms with van der Waals surface area (Å²) in [6.07, 6.45) is 7.40. The van der Waals surface area contributed by atoms with E-state index in [9.17, 15) is 9.18 Å². The minimum atomic E-state index is -0.519. The number of carbonyl (C=O) groups is 1. The van der Waals surface area contributed by atoms with Gasteiger partial charge in [-0.3, -0.25) is 9.78 Å². The number of hydrogen-bond donors (Lipinski definition) is 3. The van der Waals surface area contributed by atoms with Gasteiger partial charge in [-0.25, -0.2) is 4.39 Å². The van der Waals surface area contributed by atoms with Crippen molar-refractivity contribution in [2.45, 2.75) is 12.3 Å². The Hall–Kier alpha value is -4.11. The van der Waals surface area contributed by atoms with Crippen molar-refractivity contribution in [1.29, 1.82) is 0 Å². The third-order valence-electron chi connectivity index (χ3n) is 5.83. The number of allylic oxidation sites excluding steroid dienone is 1. The number of aromatic amines is 1. The summed E-state index contributed by atoms with van der Waals surface area (Å²) in [6, 6.07) is 6.37. The second kappa shape index (κ2) is 11.5. The molecule has 0 bridgehead atoms. The Morgan fingerprint density at radius 3 is 2.89 bits per heavy atom. The number of amides is 1. The zero-order valence-electron chi connectivity index (χ0n) is 20.1. The summed E-state index contributed by atoms with van der Waals surface area (Å²) in [5.74, 6) is -0.205. The number of fused-ring (bicyclic) bond motifs is 1. The van der Waals surface area contributed by atoms with E-state index in [1.54, 1.807) is 36.7 Å². The standard InChI is InChI=1S/C27H29FN4O4/c1-4-7-17-15-30-27(33)22-23(17)32-24(25(22)31-20-9-6-8-19(28)26(20)34-3)18-10-11-29-16-21(18)36-14-13-35-12-5-2/h4-6,8-11,16-17,31-32H,1-2,7,12-15H2,3H3,(H,30,33). The van der Waals surface area contributed by atoms with E-state index >= 15 is 0 Å². The van der Waals surface area contributed by atoms with Gasteiger partial charge in [0.1, 0.15) is 12.4 Å². The highest BCUT2D eigenvalue weighted by atomic mass is 19.1. The molecule has 0 aliphatic carbocycles. The zero-order chi connectivity index (χ0) is 25.5. The first kappa shape index (κ1) is 25.0. The molecule has 1 unspecified atom stereocenters. The molecule has 1 aliphatic rings. The Balaban J connectivity index is 1.82. The van der Waals surface area contributed by atoms with Crippen LogP contribution in [0, 0.1) is 5.82 Å². The fourth-order valence-electron chi connectivity index (χ4n) is 4.23. The third kappa shape index (κ3) is 5.11. The van der Waals surface area contributed by atoms with Crippen LogP contribution in [-0.2, 0) is 4.74 Å². The maximum absolute atomic E-state index is 14.5. The number of pyridine rings is 1. The highest BCUT2D eigenvalue weighted by Gasteiger charge is 2.33. The van der Waals surface area contributed by atoms with Gasteiger partial charge in [-0.05, 0) is 24.6 Å². The van der Waals surface area contributed by atoms with Crippen molar-refractivity contribution in [2.75, 3.05) is 38.8 Å². The Labute approximate surface area is 209 Å². The molecule has 1 amide bonds. The van der Waals surface area contributed by atoms with Crippen LogP contribution in [0.15, 0.2) is 62.0 Å². The average Bonchev–Trinajstić information content (AvgIpc) is 3.26. The van der Waals surface area contributed by atoms with Crippen LogP contribution in [-0.4, -0.2) is 49.4 Å². The van der Waals surface area contributed by atoms with E-state index in [1.807, 2.05) is 6.08 Å². The van der Waals surface area contributed by atoms with Crippen molar-refractivity contribution < 1.29 is 23.4 Å². The summed E-state index contributed by atoms with van der Waals surface area (Å²) in [6.45, 7) is 9.06. The van der Waals surface area contributed by atoms with Crippen LogP contribution < -0.4 is 20.1 Å². The largest absolute Gasteiger partial charge is 0.492 e. The van der Waals surface area contributed by atoms with Gasteiger partial charge in [0.2, 0.25) is 0 Å². The van der Waals surface area contributed by atoms with Gasteiger partial charge in [-0.2, -0.15) is 0 Å². The van der Waals surface area contributed by atoms with E-state index in [-0.39, 0.29) is 17.6 Å². The fraction of sp³-hybridized carbons (Fsp3) is 0.259. The lowest BCUT2D eigenvalue weighted by Crippen LogP contribution is -2.34. The summed E-state index contributed by atoms with van der Waals surface area (Å²) in [5, 5.41) is 6.20. The first-order valence-electron chi connectivity index (χ1n) is 11.6. The van der Waals surface area contributed by atoms with Crippen LogP contribution in [0.1, 0.15) is 28.4 Å². The van der Waals surface area contributed by atoms with Gasteiger partial charge in [-0.15, -0.1) is 13.2 Å². The second-order valence-electron chi connectivity index (χ2n) is 8.12. The number of hydrogen-bond acceptors (Lipinski definition) is 6. The Kier molecular flexibility index (Phi) is 8.02. The normalized spacial score (nSPS) is 14.5. The van der Waals surface area contributed by atoms with Crippen LogP contribution in [0.4, 0.5) is 15.8 Å². The number of methoxy groups -OCH3 is 1. The van der Waals surface area contributed by atoms with Crippen LogP contribution in [0.2, 0.25) is 0 Å². The zero-order valence-corrected chi connectivity index (χ0v) is 20.1. The van der Waals surface area contributed by atoms with Gasteiger partial charge >= 0.3 is 0 Å². The van der Waals surface area contributed by atoms with Gasteiger partial charge in [0.05, 0.1) is 49.2 Å². The maximum Gasteiger partial charge on any atom is 0.255 e. The number of carbonyl (C=O) groups excluding carboxylic acids is 1. The summed E-state index contributed by atoms with van der Waals surface area (Å²) in [4.78, 5) is 20.8. The molecule has 188 valence electrons. The number of ether oxygens (including phenoxy) is 3. The average molecular weight is 493 g/mol. The van der Waals surface area contributed by atoms with E-state index < -0.39 is 5.82 Å². The molecule has 0 spiro atoms. The molecule has 4 rings (SSSR count). The number of aromatic nitrogens is 2. The van der Waals surface area contributed by atoms with Crippen LogP contribution in [0.3, 0.4) is 0 Å². The topological polar surface area (TPSA) is 97.5 Å². The summed E-state index contributed by atoms with van der Waals surface area (Å²) in [7, 11) is 1.40. The molecule has 1 atom stereocenters. The minimum Gasteiger partial charge on any atom is -0.492 e. The molecule has 0 saturated heterocycles. The number of anilines is 2. The molecule has 0 fully saturated rings. The highest BCUT2D eigenvalue weighted by molar-refractivity contribution is 6.07. The maximum atomic E-state index is 14.5. The van der Waals surface area contributed by atoms with E-state index in [2.05, 4.69) is 33.8 Å². The van der Waals surface area contributed by atoms with E-state index in [4.69, 9.17) is 14.2 Å². The highest BCUT2D eigenvalue weighted by Crippen LogP contribution is 2.44. The number of rotatable bonds is 12. The molecule has 2 aromatic heterocycles. The second-order valence-corrected chi connectivity index (χ2v) is 8.12. The summed E-state index contributed by atoms with van der Waals surface area (Å²) < 4.78 is 31.1. The van der Waals surface area contributed by atoms with Crippen LogP contribution in [0.25, 0.3) is 11.3 Å². The molecule has 1 aromatic carbocycles. The molecule has 36 heavy (non-hydrogen) atoms. The minimum absolute atomic E-state index is 0.00239. The molecule has 3 N–H and O–H groups in total. The molecule has 0 radical (unpaired) electrons. The van der Waals surface area contributed by atoms with E-state index in [0.29, 0.717) is 66.7 Å². The van der Waals surface area contributed by atoms with E-state index in [0.717, 1.165) is 5.69 Å². The number of halogens is 1. The first-order chi connectivity index (χ1) is 17.6. The molecule has 3 heterocycles. The Morgan fingerprint density at radius 1 is 1.25 bits per heavy atom. The van der Waals surface area contributed by atoms with Crippen molar-refractivity contribution in [3.05, 3.63) is 79.0 Å². The Morgan fingerprint density at radius 2 is 2.11 bits per heavy atom. The summed E-state index contributed by atoms with van der Waals surface area (Å²) in [5.41, 5.74) is 3.38. The van der Waals surface area contributed by atoms with Crippen molar-refractivity contribution in [3.63, 3.8) is 0 Å². The molecule has 3 aromatic rings. The molecule has 9 heteroatoms. The molecular weight excluding hydrogens is 463 g/mol. The van der Waals surface area contributed by atoms with Crippen molar-refractivity contribution in [2.24, 2.45) is 0 Å². The third-order valence-corrected chi connectivity index (χ3v) is 5.83. The molecule has 8 nitrogen and oxygen atoms in total. The lowest BCUT2D eigenvalue weighted by molar-refractivity contribution is 0.0941. The molecule has 1 aliphatic heterocycles. The Bertz CT molecular complexity index is 1260. The lowest BCUT2D eigenvalue weighted by Gasteiger charge is -2.23. The van der Waals surface area contributed by atoms with Crippen molar-refractivity contribution in [1.82, 2.24) is 15.3 Å². The van der Waals surface area contributed by atoms with Crippen LogP contribution in [0.5, 0.6) is 11.5 Å². The number of para-hydroxylation sites is 1. The van der Waals surface area contributed by atoms with Crippen molar-refractivity contribution >= 4 is 17.3 Å². The predicted octanol–water partition coefficient (Wildman–Crippen LogP) is 4.95. The molecular formula is C27H29FN4O4. The smallest absolute Gasteiger partial charge is 0.255 e.